The zero-order chi connectivity index (χ0) is 15.8. The summed E-state index contributed by atoms with van der Waals surface area (Å²) in [5.74, 6) is 1.97. The monoisotopic (exact) mass is 303 g/mol. The maximum Gasteiger partial charge on any atom is 0.190 e. The molecule has 2 atom stereocenters. The van der Waals surface area contributed by atoms with Gasteiger partial charge in [-0.15, -0.1) is 0 Å². The van der Waals surface area contributed by atoms with Gasteiger partial charge < -0.3 is 15.4 Å². The molecule has 1 fully saturated rings. The van der Waals surface area contributed by atoms with Crippen molar-refractivity contribution in [1.29, 1.82) is 0 Å². The third-order valence-corrected chi connectivity index (χ3v) is 4.01. The van der Waals surface area contributed by atoms with Crippen molar-refractivity contribution >= 4 is 5.96 Å². The molecule has 0 amide bonds. The number of nitrogens with one attached hydrogen (secondary N) is 2. The van der Waals surface area contributed by atoms with Gasteiger partial charge in [0.1, 0.15) is 0 Å². The van der Waals surface area contributed by atoms with Gasteiger partial charge in [-0.25, -0.2) is 0 Å². The predicted octanol–water partition coefficient (Wildman–Crippen LogP) is 2.98. The quantitative estimate of drug-likeness (QED) is 0.649. The highest BCUT2D eigenvalue weighted by Crippen LogP contribution is 2.32. The van der Waals surface area contributed by atoms with Crippen molar-refractivity contribution < 1.29 is 4.74 Å². The van der Waals surface area contributed by atoms with Crippen LogP contribution >= 0.6 is 0 Å². The summed E-state index contributed by atoms with van der Waals surface area (Å²) in [5, 5.41) is 6.81. The Kier molecular flexibility index (Phi) is 6.72. The Morgan fingerprint density at radius 3 is 2.73 bits per heavy atom. The van der Waals surface area contributed by atoms with Crippen LogP contribution < -0.4 is 10.6 Å². The van der Waals surface area contributed by atoms with E-state index in [9.17, 15) is 0 Å². The summed E-state index contributed by atoms with van der Waals surface area (Å²) < 4.78 is 6.04. The van der Waals surface area contributed by atoms with Crippen LogP contribution in [0.3, 0.4) is 0 Å². The molecule has 0 bridgehead atoms. The van der Waals surface area contributed by atoms with Crippen LogP contribution in [0.5, 0.6) is 0 Å². The topological polar surface area (TPSA) is 45.7 Å². The number of aliphatic imine (C=N–C) groups is 1. The smallest absolute Gasteiger partial charge is 0.190 e. The summed E-state index contributed by atoms with van der Waals surface area (Å²) >= 11 is 0. The van der Waals surface area contributed by atoms with Gasteiger partial charge >= 0.3 is 0 Å². The second-order valence-corrected chi connectivity index (χ2v) is 6.33. The first-order valence-corrected chi connectivity index (χ1v) is 8.31. The third-order valence-electron chi connectivity index (χ3n) is 4.01. The molecule has 1 aromatic carbocycles. The minimum absolute atomic E-state index is 0.186. The molecular formula is C18H29N3O. The lowest BCUT2D eigenvalue weighted by molar-refractivity contribution is -0.0265. The van der Waals surface area contributed by atoms with Crippen LogP contribution in [-0.4, -0.2) is 32.7 Å². The fourth-order valence-electron chi connectivity index (χ4n) is 2.81. The van der Waals surface area contributed by atoms with Crippen molar-refractivity contribution in [3.63, 3.8) is 0 Å². The summed E-state index contributed by atoms with van der Waals surface area (Å²) in [5.41, 5.74) is 1.28. The van der Waals surface area contributed by atoms with Gasteiger partial charge in [0.05, 0.1) is 6.10 Å². The second kappa shape index (κ2) is 8.79. The molecule has 1 aliphatic heterocycles. The van der Waals surface area contributed by atoms with Crippen molar-refractivity contribution in [3.05, 3.63) is 35.9 Å². The fraction of sp³-hybridized carbons (Fsp3) is 0.611. The number of hydrogen-bond acceptors (Lipinski definition) is 2. The largest absolute Gasteiger partial charge is 0.373 e. The Morgan fingerprint density at radius 2 is 2.05 bits per heavy atom. The molecule has 2 unspecified atom stereocenters. The van der Waals surface area contributed by atoms with Gasteiger partial charge in [-0.05, 0) is 24.3 Å². The summed E-state index contributed by atoms with van der Waals surface area (Å²) in [6.45, 7) is 7.07. The number of rotatable bonds is 5. The average Bonchev–Trinajstić information content (AvgIpc) is 2.56. The average molecular weight is 303 g/mol. The van der Waals surface area contributed by atoms with Crippen molar-refractivity contribution in [2.75, 3.05) is 26.7 Å². The van der Waals surface area contributed by atoms with Crippen LogP contribution in [0.15, 0.2) is 35.3 Å². The highest BCUT2D eigenvalue weighted by Gasteiger charge is 2.27. The molecule has 22 heavy (non-hydrogen) atoms. The second-order valence-electron chi connectivity index (χ2n) is 6.33. The fourth-order valence-corrected chi connectivity index (χ4v) is 2.81. The first-order chi connectivity index (χ1) is 10.7. The lowest BCUT2D eigenvalue weighted by Crippen LogP contribution is -2.43. The molecule has 0 spiro atoms. The van der Waals surface area contributed by atoms with Crippen molar-refractivity contribution in [3.8, 4) is 0 Å². The first kappa shape index (κ1) is 16.8. The SMILES string of the molecule is CN=C(NCC(C)C)NCC1CCCOC1c1ccccc1. The van der Waals surface area contributed by atoms with E-state index in [1.165, 1.54) is 12.0 Å². The summed E-state index contributed by atoms with van der Waals surface area (Å²) in [4.78, 5) is 4.30. The van der Waals surface area contributed by atoms with Gasteiger partial charge in [-0.1, -0.05) is 44.2 Å². The van der Waals surface area contributed by atoms with E-state index in [-0.39, 0.29) is 6.10 Å². The van der Waals surface area contributed by atoms with E-state index in [1.807, 2.05) is 7.05 Å². The molecule has 1 aliphatic rings. The molecule has 0 aliphatic carbocycles. The van der Waals surface area contributed by atoms with E-state index in [1.54, 1.807) is 0 Å². The van der Waals surface area contributed by atoms with Crippen molar-refractivity contribution in [1.82, 2.24) is 10.6 Å². The Morgan fingerprint density at radius 1 is 1.27 bits per heavy atom. The van der Waals surface area contributed by atoms with E-state index in [2.05, 4.69) is 59.8 Å². The van der Waals surface area contributed by atoms with E-state index < -0.39 is 0 Å². The van der Waals surface area contributed by atoms with Gasteiger partial charge in [0, 0.05) is 32.7 Å². The van der Waals surface area contributed by atoms with Gasteiger partial charge in [0.25, 0.3) is 0 Å². The zero-order valence-corrected chi connectivity index (χ0v) is 14.0. The summed E-state index contributed by atoms with van der Waals surface area (Å²) in [6.07, 6.45) is 2.51. The molecule has 1 heterocycles. The van der Waals surface area contributed by atoms with Crippen LogP contribution in [0, 0.1) is 11.8 Å². The first-order valence-electron chi connectivity index (χ1n) is 8.31. The van der Waals surface area contributed by atoms with Crippen molar-refractivity contribution in [2.24, 2.45) is 16.8 Å². The molecule has 4 heteroatoms. The number of benzene rings is 1. The van der Waals surface area contributed by atoms with Crippen molar-refractivity contribution in [2.45, 2.75) is 32.8 Å². The van der Waals surface area contributed by atoms with Crippen LogP contribution in [0.25, 0.3) is 0 Å². The standard InChI is InChI=1S/C18H29N3O/c1-14(2)12-20-18(19-3)21-13-16-10-7-11-22-17(16)15-8-5-4-6-9-15/h4-6,8-9,14,16-17H,7,10-13H2,1-3H3,(H2,19,20,21). The van der Waals surface area contributed by atoms with E-state index >= 15 is 0 Å². The van der Waals surface area contributed by atoms with Crippen LogP contribution in [-0.2, 0) is 4.74 Å². The molecule has 2 rings (SSSR count). The predicted molar refractivity (Wildman–Crippen MR) is 92.1 cm³/mol. The molecule has 122 valence electrons. The summed E-state index contributed by atoms with van der Waals surface area (Å²) in [6, 6.07) is 10.5. The normalized spacial score (nSPS) is 22.6. The number of hydrogen-bond donors (Lipinski definition) is 2. The third kappa shape index (κ3) is 5.02. The van der Waals surface area contributed by atoms with Gasteiger partial charge in [-0.2, -0.15) is 0 Å². The number of ether oxygens (including phenoxy) is 1. The number of nitrogens with zero attached hydrogens (tertiary/aromatic N) is 1. The van der Waals surface area contributed by atoms with Gasteiger partial charge in [0.2, 0.25) is 0 Å². The minimum atomic E-state index is 0.186. The van der Waals surface area contributed by atoms with E-state index in [0.29, 0.717) is 11.8 Å². The lowest BCUT2D eigenvalue weighted by atomic mass is 9.89. The lowest BCUT2D eigenvalue weighted by Gasteiger charge is -2.32. The van der Waals surface area contributed by atoms with Gasteiger partial charge in [0.15, 0.2) is 5.96 Å². The van der Waals surface area contributed by atoms with Crippen LogP contribution in [0.4, 0.5) is 0 Å². The van der Waals surface area contributed by atoms with Crippen LogP contribution in [0.2, 0.25) is 0 Å². The summed E-state index contributed by atoms with van der Waals surface area (Å²) in [7, 11) is 1.82. The molecule has 0 aromatic heterocycles. The number of guanidine groups is 1. The maximum absolute atomic E-state index is 6.04. The molecule has 1 saturated heterocycles. The van der Waals surface area contributed by atoms with Gasteiger partial charge in [-0.3, -0.25) is 4.99 Å². The molecular weight excluding hydrogens is 274 g/mol. The Hall–Kier alpha value is -1.55. The Bertz CT molecular complexity index is 459. The van der Waals surface area contributed by atoms with E-state index in [4.69, 9.17) is 4.74 Å². The molecule has 2 N–H and O–H groups in total. The molecule has 0 radical (unpaired) electrons. The van der Waals surface area contributed by atoms with Crippen LogP contribution in [0.1, 0.15) is 38.4 Å². The Balaban J connectivity index is 1.91. The molecule has 1 aromatic rings. The molecule has 4 nitrogen and oxygen atoms in total. The minimum Gasteiger partial charge on any atom is -0.373 e. The highest BCUT2D eigenvalue weighted by atomic mass is 16.5. The zero-order valence-electron chi connectivity index (χ0n) is 14.0. The Labute approximate surface area is 134 Å². The molecule has 0 saturated carbocycles. The maximum atomic E-state index is 6.04. The highest BCUT2D eigenvalue weighted by molar-refractivity contribution is 5.79. The van der Waals surface area contributed by atoms with E-state index in [0.717, 1.165) is 32.1 Å².